The molecule has 0 aliphatic heterocycles. The Labute approximate surface area is 119 Å². The van der Waals surface area contributed by atoms with Crippen molar-refractivity contribution >= 4 is 22.4 Å². The van der Waals surface area contributed by atoms with Crippen LogP contribution in [0.15, 0.2) is 30.3 Å². The number of aryl methyl sites for hydroxylation is 1. The fourth-order valence-electron chi connectivity index (χ4n) is 2.11. The first kappa shape index (κ1) is 14.0. The van der Waals surface area contributed by atoms with Gasteiger partial charge in [0.05, 0.1) is 13.7 Å². The van der Waals surface area contributed by atoms with Crippen LogP contribution in [0.2, 0.25) is 0 Å². The standard InChI is InChI=1S/C16H19ClO2/c1-12-15-7-6-14(18-2)11-13(15)5-8-16(12)19-10-4-3-9-17/h5-8,11H,3-4,9-10H2,1-2H3. The second-order valence-corrected chi connectivity index (χ2v) is 4.90. The molecule has 0 aliphatic carbocycles. The molecule has 0 aliphatic rings. The van der Waals surface area contributed by atoms with Crippen molar-refractivity contribution in [2.45, 2.75) is 19.8 Å². The molecule has 3 heteroatoms. The average Bonchev–Trinajstić information content (AvgIpc) is 2.45. The summed E-state index contributed by atoms with van der Waals surface area (Å²) in [6.07, 6.45) is 1.98. The molecule has 0 aromatic heterocycles. The van der Waals surface area contributed by atoms with E-state index >= 15 is 0 Å². The molecule has 2 aromatic rings. The summed E-state index contributed by atoms with van der Waals surface area (Å²) >= 11 is 5.65. The predicted molar refractivity (Wildman–Crippen MR) is 80.7 cm³/mol. The van der Waals surface area contributed by atoms with Crippen LogP contribution in [0.3, 0.4) is 0 Å². The lowest BCUT2D eigenvalue weighted by atomic mass is 10.0. The number of ether oxygens (including phenoxy) is 2. The minimum Gasteiger partial charge on any atom is -0.497 e. The summed E-state index contributed by atoms with van der Waals surface area (Å²) in [6.45, 7) is 2.81. The van der Waals surface area contributed by atoms with Crippen LogP contribution in [0, 0.1) is 6.92 Å². The van der Waals surface area contributed by atoms with E-state index in [0.29, 0.717) is 5.88 Å². The van der Waals surface area contributed by atoms with E-state index in [2.05, 4.69) is 19.1 Å². The molecule has 2 aromatic carbocycles. The van der Waals surface area contributed by atoms with E-state index in [9.17, 15) is 0 Å². The van der Waals surface area contributed by atoms with E-state index in [-0.39, 0.29) is 0 Å². The maximum Gasteiger partial charge on any atom is 0.122 e. The van der Waals surface area contributed by atoms with Gasteiger partial charge in [-0.1, -0.05) is 12.1 Å². The minimum atomic E-state index is 0.694. The van der Waals surface area contributed by atoms with Gasteiger partial charge >= 0.3 is 0 Å². The lowest BCUT2D eigenvalue weighted by Crippen LogP contribution is -1.99. The summed E-state index contributed by atoms with van der Waals surface area (Å²) in [7, 11) is 1.68. The Bertz CT molecular complexity index is 552. The number of methoxy groups -OCH3 is 1. The lowest BCUT2D eigenvalue weighted by Gasteiger charge is -2.12. The van der Waals surface area contributed by atoms with Gasteiger partial charge in [-0.05, 0) is 54.3 Å². The molecule has 2 nitrogen and oxygen atoms in total. The SMILES string of the molecule is COc1ccc2c(C)c(OCCCCCl)ccc2c1. The van der Waals surface area contributed by atoms with Crippen molar-refractivity contribution in [1.82, 2.24) is 0 Å². The van der Waals surface area contributed by atoms with Crippen molar-refractivity contribution in [1.29, 1.82) is 0 Å². The van der Waals surface area contributed by atoms with E-state index in [1.807, 2.05) is 18.2 Å². The lowest BCUT2D eigenvalue weighted by molar-refractivity contribution is 0.308. The van der Waals surface area contributed by atoms with Crippen LogP contribution in [-0.4, -0.2) is 19.6 Å². The van der Waals surface area contributed by atoms with Gasteiger partial charge in [-0.3, -0.25) is 0 Å². The van der Waals surface area contributed by atoms with Crippen molar-refractivity contribution in [3.8, 4) is 11.5 Å². The third kappa shape index (κ3) is 3.32. The number of unbranched alkanes of at least 4 members (excludes halogenated alkanes) is 1. The number of benzene rings is 2. The molecule has 0 amide bonds. The van der Waals surface area contributed by atoms with Crippen molar-refractivity contribution < 1.29 is 9.47 Å². The fourth-order valence-corrected chi connectivity index (χ4v) is 2.29. The van der Waals surface area contributed by atoms with Gasteiger partial charge in [-0.15, -0.1) is 11.6 Å². The third-order valence-corrected chi connectivity index (χ3v) is 3.50. The van der Waals surface area contributed by atoms with Crippen LogP contribution in [0.1, 0.15) is 18.4 Å². The van der Waals surface area contributed by atoms with Crippen LogP contribution in [-0.2, 0) is 0 Å². The Morgan fingerprint density at radius 2 is 1.95 bits per heavy atom. The van der Waals surface area contributed by atoms with Crippen molar-refractivity contribution in [2.75, 3.05) is 19.6 Å². The minimum absolute atomic E-state index is 0.694. The maximum absolute atomic E-state index is 5.81. The largest absolute Gasteiger partial charge is 0.497 e. The summed E-state index contributed by atoms with van der Waals surface area (Å²) in [6, 6.07) is 10.2. The normalized spacial score (nSPS) is 10.7. The smallest absolute Gasteiger partial charge is 0.122 e. The van der Waals surface area contributed by atoms with Crippen molar-refractivity contribution in [3.05, 3.63) is 35.9 Å². The summed E-state index contributed by atoms with van der Waals surface area (Å²) in [5, 5.41) is 2.38. The number of halogens is 1. The zero-order valence-electron chi connectivity index (χ0n) is 11.4. The molecular formula is C16H19ClO2. The zero-order chi connectivity index (χ0) is 13.7. The fraction of sp³-hybridized carbons (Fsp3) is 0.375. The van der Waals surface area contributed by atoms with Gasteiger partial charge in [0.15, 0.2) is 0 Å². The summed E-state index contributed by atoms with van der Waals surface area (Å²) < 4.78 is 11.1. The van der Waals surface area contributed by atoms with E-state index in [4.69, 9.17) is 21.1 Å². The van der Waals surface area contributed by atoms with Gasteiger partial charge < -0.3 is 9.47 Å². The second-order valence-electron chi connectivity index (χ2n) is 4.52. The van der Waals surface area contributed by atoms with Crippen LogP contribution in [0.4, 0.5) is 0 Å². The molecule has 0 radical (unpaired) electrons. The molecule has 0 atom stereocenters. The molecule has 0 bridgehead atoms. The van der Waals surface area contributed by atoms with Crippen molar-refractivity contribution in [2.24, 2.45) is 0 Å². The Hall–Kier alpha value is -1.41. The maximum atomic E-state index is 5.81. The molecule has 19 heavy (non-hydrogen) atoms. The highest BCUT2D eigenvalue weighted by Gasteiger charge is 2.05. The molecule has 0 saturated heterocycles. The monoisotopic (exact) mass is 278 g/mol. The van der Waals surface area contributed by atoms with Gasteiger partial charge in [-0.2, -0.15) is 0 Å². The van der Waals surface area contributed by atoms with E-state index in [1.165, 1.54) is 16.3 Å². The molecule has 102 valence electrons. The molecule has 0 unspecified atom stereocenters. The van der Waals surface area contributed by atoms with Crippen LogP contribution in [0.5, 0.6) is 11.5 Å². The number of hydrogen-bond acceptors (Lipinski definition) is 2. The van der Waals surface area contributed by atoms with Gasteiger partial charge in [0.25, 0.3) is 0 Å². The summed E-state index contributed by atoms with van der Waals surface area (Å²) in [5.74, 6) is 2.52. The van der Waals surface area contributed by atoms with Crippen LogP contribution >= 0.6 is 11.6 Å². The van der Waals surface area contributed by atoms with Crippen LogP contribution in [0.25, 0.3) is 10.8 Å². The molecule has 0 spiro atoms. The highest BCUT2D eigenvalue weighted by Crippen LogP contribution is 2.29. The number of fused-ring (bicyclic) bond motifs is 1. The van der Waals surface area contributed by atoms with E-state index in [1.54, 1.807) is 7.11 Å². The Kier molecular flexibility index (Phi) is 4.92. The topological polar surface area (TPSA) is 18.5 Å². The molecule has 0 saturated carbocycles. The Balaban J connectivity index is 2.20. The van der Waals surface area contributed by atoms with Crippen LogP contribution < -0.4 is 9.47 Å². The van der Waals surface area contributed by atoms with Gasteiger partial charge in [-0.25, -0.2) is 0 Å². The first-order chi connectivity index (χ1) is 9.26. The van der Waals surface area contributed by atoms with Gasteiger partial charge in [0, 0.05) is 5.88 Å². The summed E-state index contributed by atoms with van der Waals surface area (Å²) in [5.41, 5.74) is 1.17. The first-order valence-corrected chi connectivity index (χ1v) is 7.06. The number of alkyl halides is 1. The first-order valence-electron chi connectivity index (χ1n) is 6.52. The van der Waals surface area contributed by atoms with E-state index < -0.39 is 0 Å². The van der Waals surface area contributed by atoms with Gasteiger partial charge in [0.1, 0.15) is 11.5 Å². The third-order valence-electron chi connectivity index (χ3n) is 3.23. The second kappa shape index (κ2) is 6.67. The van der Waals surface area contributed by atoms with E-state index in [0.717, 1.165) is 30.9 Å². The highest BCUT2D eigenvalue weighted by atomic mass is 35.5. The zero-order valence-corrected chi connectivity index (χ0v) is 12.2. The summed E-state index contributed by atoms with van der Waals surface area (Å²) in [4.78, 5) is 0. The molecular weight excluding hydrogens is 260 g/mol. The average molecular weight is 279 g/mol. The highest BCUT2D eigenvalue weighted by molar-refractivity contribution is 6.17. The van der Waals surface area contributed by atoms with Crippen molar-refractivity contribution in [3.63, 3.8) is 0 Å². The Morgan fingerprint density at radius 3 is 2.68 bits per heavy atom. The quantitative estimate of drug-likeness (QED) is 0.570. The predicted octanol–water partition coefficient (Wildman–Crippen LogP) is 4.55. The molecule has 0 N–H and O–H groups in total. The molecule has 2 rings (SSSR count). The number of rotatable bonds is 6. The molecule has 0 fully saturated rings. The number of hydrogen-bond donors (Lipinski definition) is 0. The molecule has 0 heterocycles. The van der Waals surface area contributed by atoms with Gasteiger partial charge in [0.2, 0.25) is 0 Å². The Morgan fingerprint density at radius 1 is 1.11 bits per heavy atom.